The number of benzene rings is 1. The summed E-state index contributed by atoms with van der Waals surface area (Å²) in [7, 11) is -3.88. The first-order chi connectivity index (χ1) is 13.5. The molecule has 0 unspecified atom stereocenters. The SMILES string of the molecule is CN=C(NCC(=O)Nc1cccc(F)c1)NC1CCN(S(=O)(=O)C(F)(F)F)CC1.I. The summed E-state index contributed by atoms with van der Waals surface area (Å²) in [6.45, 7) is -0.745. The summed E-state index contributed by atoms with van der Waals surface area (Å²) >= 11 is 0. The molecule has 2 rings (SSSR count). The van der Waals surface area contributed by atoms with Gasteiger partial charge in [-0.1, -0.05) is 6.07 Å². The highest BCUT2D eigenvalue weighted by Gasteiger charge is 2.50. The molecule has 1 aromatic carbocycles. The van der Waals surface area contributed by atoms with Crippen LogP contribution in [0.2, 0.25) is 0 Å². The second kappa shape index (κ2) is 11.1. The van der Waals surface area contributed by atoms with Gasteiger partial charge in [-0.3, -0.25) is 9.79 Å². The molecule has 0 spiro atoms. The molecule has 1 saturated heterocycles. The molecule has 1 aromatic rings. The molecule has 14 heteroatoms. The van der Waals surface area contributed by atoms with Gasteiger partial charge >= 0.3 is 15.5 Å². The first kappa shape index (κ1) is 26.4. The van der Waals surface area contributed by atoms with E-state index in [0.717, 1.165) is 6.07 Å². The van der Waals surface area contributed by atoms with Crippen LogP contribution in [0.25, 0.3) is 0 Å². The summed E-state index contributed by atoms with van der Waals surface area (Å²) in [4.78, 5) is 15.8. The van der Waals surface area contributed by atoms with Gasteiger partial charge in [0.2, 0.25) is 5.91 Å². The van der Waals surface area contributed by atoms with Gasteiger partial charge in [0.15, 0.2) is 5.96 Å². The fourth-order valence-electron chi connectivity index (χ4n) is 2.71. The fraction of sp³-hybridized carbons (Fsp3) is 0.500. The number of amides is 1. The third kappa shape index (κ3) is 7.23. The Kier molecular flexibility index (Phi) is 9.74. The zero-order valence-corrected chi connectivity index (χ0v) is 19.0. The number of piperidine rings is 1. The topological polar surface area (TPSA) is 103 Å². The minimum atomic E-state index is -5.33. The monoisotopic (exact) mass is 567 g/mol. The molecule has 0 bridgehead atoms. The van der Waals surface area contributed by atoms with E-state index >= 15 is 0 Å². The zero-order valence-electron chi connectivity index (χ0n) is 15.9. The van der Waals surface area contributed by atoms with Crippen molar-refractivity contribution in [1.29, 1.82) is 0 Å². The van der Waals surface area contributed by atoms with Crippen LogP contribution in [-0.4, -0.2) is 62.8 Å². The van der Waals surface area contributed by atoms with Crippen LogP contribution < -0.4 is 16.0 Å². The summed E-state index contributed by atoms with van der Waals surface area (Å²) in [5, 5.41) is 8.18. The highest BCUT2D eigenvalue weighted by Crippen LogP contribution is 2.28. The maximum Gasteiger partial charge on any atom is 0.511 e. The second-order valence-electron chi connectivity index (χ2n) is 6.25. The van der Waals surface area contributed by atoms with Crippen LogP contribution in [-0.2, 0) is 14.8 Å². The van der Waals surface area contributed by atoms with Crippen molar-refractivity contribution in [3.63, 3.8) is 0 Å². The molecule has 0 atom stereocenters. The Balaban J connectivity index is 0.00000450. The molecule has 0 aliphatic carbocycles. The van der Waals surface area contributed by atoms with Gasteiger partial charge in [-0.15, -0.1) is 24.0 Å². The standard InChI is InChI=1S/C16H21F4N5O3S.HI/c1-21-15(22-10-14(26)23-13-4-2-3-11(17)9-13)24-12-5-7-25(8-6-12)29(27,28)16(18,19)20;/h2-4,9,12H,5-8,10H2,1H3,(H,23,26)(H2,21,22,24);1H. The van der Waals surface area contributed by atoms with E-state index < -0.39 is 27.3 Å². The van der Waals surface area contributed by atoms with Crippen molar-refractivity contribution in [3.05, 3.63) is 30.1 Å². The molecule has 1 aliphatic heterocycles. The number of halogens is 5. The molecule has 1 heterocycles. The first-order valence-corrected chi connectivity index (χ1v) is 10.1. The van der Waals surface area contributed by atoms with Crippen LogP contribution in [0.3, 0.4) is 0 Å². The fourth-order valence-corrected chi connectivity index (χ4v) is 3.69. The Labute approximate surface area is 188 Å². The Morgan fingerprint density at radius 2 is 1.90 bits per heavy atom. The van der Waals surface area contributed by atoms with Crippen LogP contribution in [0.4, 0.5) is 23.2 Å². The van der Waals surface area contributed by atoms with E-state index in [4.69, 9.17) is 0 Å². The van der Waals surface area contributed by atoms with Crippen molar-refractivity contribution < 1.29 is 30.8 Å². The van der Waals surface area contributed by atoms with Crippen molar-refractivity contribution in [1.82, 2.24) is 14.9 Å². The van der Waals surface area contributed by atoms with Crippen LogP contribution >= 0.6 is 24.0 Å². The van der Waals surface area contributed by atoms with Gasteiger partial charge in [-0.05, 0) is 31.0 Å². The Bertz CT molecular complexity index is 859. The average Bonchev–Trinajstić information content (AvgIpc) is 2.64. The van der Waals surface area contributed by atoms with E-state index in [1.54, 1.807) is 0 Å². The van der Waals surface area contributed by atoms with Gasteiger partial charge in [0.25, 0.3) is 0 Å². The van der Waals surface area contributed by atoms with Crippen LogP contribution in [0, 0.1) is 5.82 Å². The van der Waals surface area contributed by atoms with Crippen molar-refractivity contribution in [2.24, 2.45) is 4.99 Å². The molecule has 3 N–H and O–H groups in total. The summed E-state index contributed by atoms with van der Waals surface area (Å²) in [6, 6.07) is 5.06. The number of hydrogen-bond acceptors (Lipinski definition) is 4. The number of carbonyl (C=O) groups is 1. The predicted molar refractivity (Wildman–Crippen MR) is 115 cm³/mol. The Hall–Kier alpha value is -1.68. The average molecular weight is 567 g/mol. The third-order valence-corrected chi connectivity index (χ3v) is 5.81. The van der Waals surface area contributed by atoms with Gasteiger partial charge in [0.1, 0.15) is 5.82 Å². The number of hydrogen-bond donors (Lipinski definition) is 3. The van der Waals surface area contributed by atoms with E-state index in [1.807, 2.05) is 0 Å². The molecule has 1 amide bonds. The minimum Gasteiger partial charge on any atom is -0.354 e. The van der Waals surface area contributed by atoms with Crippen molar-refractivity contribution in [2.75, 3.05) is 32.0 Å². The van der Waals surface area contributed by atoms with Gasteiger partial charge < -0.3 is 16.0 Å². The lowest BCUT2D eigenvalue weighted by Gasteiger charge is -2.32. The van der Waals surface area contributed by atoms with Crippen molar-refractivity contribution in [3.8, 4) is 0 Å². The number of aliphatic imine (C=N–C) groups is 1. The highest BCUT2D eigenvalue weighted by molar-refractivity contribution is 14.0. The number of rotatable bonds is 5. The molecule has 1 fully saturated rings. The summed E-state index contributed by atoms with van der Waals surface area (Å²) in [5.74, 6) is -0.715. The third-order valence-electron chi connectivity index (χ3n) is 4.18. The summed E-state index contributed by atoms with van der Waals surface area (Å²) in [5.41, 5.74) is -5.03. The number of guanidine groups is 1. The molecule has 1 aliphatic rings. The number of sulfonamides is 1. The van der Waals surface area contributed by atoms with E-state index in [0.29, 0.717) is 4.31 Å². The Morgan fingerprint density at radius 1 is 1.27 bits per heavy atom. The summed E-state index contributed by atoms with van der Waals surface area (Å²) < 4.78 is 74.2. The lowest BCUT2D eigenvalue weighted by atomic mass is 10.1. The maximum absolute atomic E-state index is 13.1. The number of alkyl halides is 3. The van der Waals surface area contributed by atoms with Gasteiger partial charge in [0.05, 0.1) is 6.54 Å². The normalized spacial score (nSPS) is 16.5. The van der Waals surface area contributed by atoms with Crippen LogP contribution in [0.5, 0.6) is 0 Å². The first-order valence-electron chi connectivity index (χ1n) is 8.62. The van der Waals surface area contributed by atoms with E-state index in [-0.39, 0.29) is 74.1 Å². The smallest absolute Gasteiger partial charge is 0.354 e. The molecular formula is C16H22F4IN5O3S. The van der Waals surface area contributed by atoms with E-state index in [2.05, 4.69) is 20.9 Å². The largest absolute Gasteiger partial charge is 0.511 e. The highest BCUT2D eigenvalue weighted by atomic mass is 127. The lowest BCUT2D eigenvalue weighted by molar-refractivity contribution is -0.115. The molecule has 0 saturated carbocycles. The van der Waals surface area contributed by atoms with E-state index in [1.165, 1.54) is 25.2 Å². The second-order valence-corrected chi connectivity index (χ2v) is 8.18. The summed E-state index contributed by atoms with van der Waals surface area (Å²) in [6.07, 6.45) is 0.289. The van der Waals surface area contributed by atoms with Crippen LogP contribution in [0.1, 0.15) is 12.8 Å². The molecule has 0 radical (unpaired) electrons. The molecule has 170 valence electrons. The number of nitrogens with one attached hydrogen (secondary N) is 3. The number of carbonyl (C=O) groups excluding carboxylic acids is 1. The molecule has 8 nitrogen and oxygen atoms in total. The molecule has 0 aromatic heterocycles. The van der Waals surface area contributed by atoms with Crippen molar-refractivity contribution in [2.45, 2.75) is 24.4 Å². The zero-order chi connectivity index (χ0) is 21.7. The minimum absolute atomic E-state index is 0. The molecule has 30 heavy (non-hydrogen) atoms. The number of nitrogens with zero attached hydrogens (tertiary/aromatic N) is 2. The van der Waals surface area contributed by atoms with Gasteiger partial charge in [0, 0.05) is 31.9 Å². The molecular weight excluding hydrogens is 545 g/mol. The number of anilines is 1. The van der Waals surface area contributed by atoms with Gasteiger partial charge in [-0.25, -0.2) is 12.8 Å². The predicted octanol–water partition coefficient (Wildman–Crippen LogP) is 1.86. The van der Waals surface area contributed by atoms with Crippen LogP contribution in [0.15, 0.2) is 29.3 Å². The van der Waals surface area contributed by atoms with Gasteiger partial charge in [-0.2, -0.15) is 17.5 Å². The van der Waals surface area contributed by atoms with Crippen molar-refractivity contribution >= 4 is 51.6 Å². The quantitative estimate of drug-likeness (QED) is 0.218. The van der Waals surface area contributed by atoms with E-state index in [9.17, 15) is 30.8 Å². The Morgan fingerprint density at radius 3 is 2.43 bits per heavy atom. The maximum atomic E-state index is 13.1. The lowest BCUT2D eigenvalue weighted by Crippen LogP contribution is -2.52.